The summed E-state index contributed by atoms with van der Waals surface area (Å²) in [5.41, 5.74) is 2.86. The molecule has 1 aromatic rings. The quantitative estimate of drug-likeness (QED) is 0.748. The molecule has 3 nitrogen and oxygen atoms in total. The van der Waals surface area contributed by atoms with Crippen LogP contribution in [0, 0.1) is 0 Å². The fourth-order valence-electron chi connectivity index (χ4n) is 2.71. The lowest BCUT2D eigenvalue weighted by molar-refractivity contribution is -0.117. The summed E-state index contributed by atoms with van der Waals surface area (Å²) in [4.78, 5) is 25.6. The summed E-state index contributed by atoms with van der Waals surface area (Å²) < 4.78 is 0. The van der Waals surface area contributed by atoms with Crippen LogP contribution in [-0.4, -0.2) is 23.1 Å². The van der Waals surface area contributed by atoms with Crippen molar-refractivity contribution in [1.29, 1.82) is 0 Å². The molecule has 3 rings (SSSR count). The molecule has 0 aromatic heterocycles. The standard InChI is InChI=1S/C14H14BrNO2/c15-10-7-14(18)16(8-10)11-4-5-12-9(6-11)2-1-3-13(12)17/h4-6,10H,1-3,7-8H2. The first-order valence-corrected chi connectivity index (χ1v) is 7.17. The molecule has 1 amide bonds. The number of aryl methyl sites for hydroxylation is 1. The number of Topliss-reactive ketones (excluding diaryl/α,β-unsaturated/α-hetero) is 1. The summed E-state index contributed by atoms with van der Waals surface area (Å²) in [6.45, 7) is 0.714. The van der Waals surface area contributed by atoms with E-state index in [0.29, 0.717) is 19.4 Å². The highest BCUT2D eigenvalue weighted by Crippen LogP contribution is 2.29. The van der Waals surface area contributed by atoms with E-state index in [9.17, 15) is 9.59 Å². The topological polar surface area (TPSA) is 37.4 Å². The minimum atomic E-state index is 0.152. The summed E-state index contributed by atoms with van der Waals surface area (Å²) in [6.07, 6.45) is 3.06. The second-order valence-corrected chi connectivity index (χ2v) is 6.22. The van der Waals surface area contributed by atoms with Gasteiger partial charge in [0.1, 0.15) is 0 Å². The van der Waals surface area contributed by atoms with Crippen LogP contribution in [0.1, 0.15) is 35.2 Å². The van der Waals surface area contributed by atoms with E-state index in [2.05, 4.69) is 15.9 Å². The van der Waals surface area contributed by atoms with E-state index in [1.54, 1.807) is 4.90 Å². The number of ketones is 1. The number of anilines is 1. The van der Waals surface area contributed by atoms with Gasteiger partial charge in [0.25, 0.3) is 0 Å². The highest BCUT2D eigenvalue weighted by atomic mass is 79.9. The Morgan fingerprint density at radius 3 is 2.78 bits per heavy atom. The Morgan fingerprint density at radius 1 is 1.22 bits per heavy atom. The highest BCUT2D eigenvalue weighted by molar-refractivity contribution is 9.09. The van der Waals surface area contributed by atoms with Gasteiger partial charge in [-0.25, -0.2) is 0 Å². The van der Waals surface area contributed by atoms with E-state index in [4.69, 9.17) is 0 Å². The smallest absolute Gasteiger partial charge is 0.228 e. The lowest BCUT2D eigenvalue weighted by atomic mass is 9.90. The van der Waals surface area contributed by atoms with E-state index in [-0.39, 0.29) is 16.5 Å². The van der Waals surface area contributed by atoms with Crippen LogP contribution < -0.4 is 4.90 Å². The van der Waals surface area contributed by atoms with Crippen LogP contribution in [0.3, 0.4) is 0 Å². The van der Waals surface area contributed by atoms with Crippen LogP contribution in [0.4, 0.5) is 5.69 Å². The van der Waals surface area contributed by atoms with Crippen LogP contribution >= 0.6 is 15.9 Å². The van der Waals surface area contributed by atoms with Gasteiger partial charge >= 0.3 is 0 Å². The molecule has 1 aromatic carbocycles. The molecule has 0 radical (unpaired) electrons. The molecule has 1 atom stereocenters. The second kappa shape index (κ2) is 4.50. The third-order valence-electron chi connectivity index (χ3n) is 3.63. The zero-order valence-electron chi connectivity index (χ0n) is 9.99. The fourth-order valence-corrected chi connectivity index (χ4v) is 3.28. The number of nitrogens with zero attached hydrogens (tertiary/aromatic N) is 1. The van der Waals surface area contributed by atoms with Crippen LogP contribution in [0.15, 0.2) is 18.2 Å². The van der Waals surface area contributed by atoms with Gasteiger partial charge in [0.2, 0.25) is 5.91 Å². The first-order chi connectivity index (χ1) is 8.65. The van der Waals surface area contributed by atoms with Crippen molar-refractivity contribution in [1.82, 2.24) is 0 Å². The molecule has 2 aliphatic rings. The first-order valence-electron chi connectivity index (χ1n) is 6.26. The van der Waals surface area contributed by atoms with Gasteiger partial charge in [0.15, 0.2) is 5.78 Å². The molecule has 1 fully saturated rings. The average Bonchev–Trinajstić information content (AvgIpc) is 2.68. The van der Waals surface area contributed by atoms with Crippen molar-refractivity contribution in [3.8, 4) is 0 Å². The Morgan fingerprint density at radius 2 is 2.06 bits per heavy atom. The van der Waals surface area contributed by atoms with Crippen molar-refractivity contribution in [3.63, 3.8) is 0 Å². The maximum absolute atomic E-state index is 11.8. The van der Waals surface area contributed by atoms with Gasteiger partial charge in [-0.15, -0.1) is 0 Å². The van der Waals surface area contributed by atoms with Gasteiger partial charge in [-0.1, -0.05) is 15.9 Å². The molecule has 0 spiro atoms. The Balaban J connectivity index is 1.95. The maximum Gasteiger partial charge on any atom is 0.228 e. The SMILES string of the molecule is O=C1CCCc2cc(N3CC(Br)CC3=O)ccc21. The number of benzene rings is 1. The van der Waals surface area contributed by atoms with E-state index in [1.807, 2.05) is 18.2 Å². The van der Waals surface area contributed by atoms with Crippen molar-refractivity contribution >= 4 is 33.3 Å². The maximum atomic E-state index is 11.8. The third kappa shape index (κ3) is 1.99. The monoisotopic (exact) mass is 307 g/mol. The molecule has 4 heteroatoms. The van der Waals surface area contributed by atoms with Crippen LogP contribution in [-0.2, 0) is 11.2 Å². The number of hydrogen-bond acceptors (Lipinski definition) is 2. The van der Waals surface area contributed by atoms with Crippen LogP contribution in [0.25, 0.3) is 0 Å². The van der Waals surface area contributed by atoms with E-state index in [1.165, 1.54) is 0 Å². The van der Waals surface area contributed by atoms with E-state index in [0.717, 1.165) is 29.7 Å². The first kappa shape index (κ1) is 11.9. The Hall–Kier alpha value is -1.16. The molecule has 94 valence electrons. The number of carbonyl (C=O) groups is 2. The van der Waals surface area contributed by atoms with Gasteiger partial charge in [0.05, 0.1) is 0 Å². The number of carbonyl (C=O) groups excluding carboxylic acids is 2. The molecule has 1 unspecified atom stereocenters. The summed E-state index contributed by atoms with van der Waals surface area (Å²) >= 11 is 3.48. The summed E-state index contributed by atoms with van der Waals surface area (Å²) in [6, 6.07) is 5.78. The Bertz CT molecular complexity index is 527. The zero-order valence-corrected chi connectivity index (χ0v) is 11.6. The van der Waals surface area contributed by atoms with Crippen molar-refractivity contribution in [3.05, 3.63) is 29.3 Å². The van der Waals surface area contributed by atoms with Crippen molar-refractivity contribution in [2.24, 2.45) is 0 Å². The van der Waals surface area contributed by atoms with E-state index < -0.39 is 0 Å². The molecule has 0 N–H and O–H groups in total. The molecule has 1 saturated heterocycles. The van der Waals surface area contributed by atoms with Crippen molar-refractivity contribution < 1.29 is 9.59 Å². The second-order valence-electron chi connectivity index (χ2n) is 4.92. The number of hydrogen-bond donors (Lipinski definition) is 0. The molecular formula is C14H14BrNO2. The van der Waals surface area contributed by atoms with Crippen molar-refractivity contribution in [2.45, 2.75) is 30.5 Å². The number of halogens is 1. The lowest BCUT2D eigenvalue weighted by Gasteiger charge is -2.20. The fraction of sp³-hybridized carbons (Fsp3) is 0.429. The van der Waals surface area contributed by atoms with Gasteiger partial charge in [-0.3, -0.25) is 9.59 Å². The number of fused-ring (bicyclic) bond motifs is 1. The lowest BCUT2D eigenvalue weighted by Crippen LogP contribution is -2.25. The Kier molecular flexibility index (Phi) is 2.98. The predicted molar refractivity (Wildman–Crippen MR) is 73.4 cm³/mol. The predicted octanol–water partition coefficient (Wildman–Crippen LogP) is 2.71. The number of alkyl halides is 1. The van der Waals surface area contributed by atoms with Gasteiger partial charge in [-0.05, 0) is 36.6 Å². The average molecular weight is 308 g/mol. The largest absolute Gasteiger partial charge is 0.311 e. The molecule has 0 bridgehead atoms. The van der Waals surface area contributed by atoms with Crippen LogP contribution in [0.5, 0.6) is 0 Å². The van der Waals surface area contributed by atoms with Gasteiger partial charge in [-0.2, -0.15) is 0 Å². The summed E-state index contributed by atoms with van der Waals surface area (Å²) in [5.74, 6) is 0.382. The number of amides is 1. The third-order valence-corrected chi connectivity index (χ3v) is 4.24. The molecule has 18 heavy (non-hydrogen) atoms. The summed E-state index contributed by atoms with van der Waals surface area (Å²) in [5, 5.41) is 0. The summed E-state index contributed by atoms with van der Waals surface area (Å²) in [7, 11) is 0. The Labute approximate surface area is 114 Å². The van der Waals surface area contributed by atoms with Crippen molar-refractivity contribution in [2.75, 3.05) is 11.4 Å². The van der Waals surface area contributed by atoms with Gasteiger partial charge < -0.3 is 4.90 Å². The molecule has 1 aliphatic heterocycles. The van der Waals surface area contributed by atoms with Gasteiger partial charge in [0, 0.05) is 35.5 Å². The minimum Gasteiger partial charge on any atom is -0.311 e. The minimum absolute atomic E-state index is 0.152. The van der Waals surface area contributed by atoms with Crippen LogP contribution in [0.2, 0.25) is 0 Å². The molecule has 0 saturated carbocycles. The van der Waals surface area contributed by atoms with E-state index >= 15 is 0 Å². The molecular weight excluding hydrogens is 294 g/mol. The highest BCUT2D eigenvalue weighted by Gasteiger charge is 2.29. The molecule has 1 aliphatic carbocycles. The normalized spacial score (nSPS) is 23.4. The zero-order chi connectivity index (χ0) is 12.7. The molecule has 1 heterocycles. The number of rotatable bonds is 1.